The summed E-state index contributed by atoms with van der Waals surface area (Å²) < 4.78 is 21.4. The van der Waals surface area contributed by atoms with Crippen LogP contribution >= 0.6 is 34.8 Å². The summed E-state index contributed by atoms with van der Waals surface area (Å²) in [5.41, 5.74) is 4.79. The van der Waals surface area contributed by atoms with Crippen molar-refractivity contribution >= 4 is 57.8 Å². The Hall–Kier alpha value is -3.01. The summed E-state index contributed by atoms with van der Waals surface area (Å²) in [5.74, 6) is 0.920. The molecule has 16 heteroatoms. The van der Waals surface area contributed by atoms with Crippen molar-refractivity contribution in [2.45, 2.75) is 33.9 Å². The second kappa shape index (κ2) is 22.7. The van der Waals surface area contributed by atoms with Gasteiger partial charge in [0.25, 0.3) is 0 Å². The lowest BCUT2D eigenvalue weighted by atomic mass is 10.1. The minimum Gasteiger partial charge on any atom is -0.464 e. The number of ether oxygens (including phenoxy) is 4. The van der Waals surface area contributed by atoms with Crippen LogP contribution in [-0.2, 0) is 32.1 Å². The highest BCUT2D eigenvalue weighted by atomic mass is 35.5. The zero-order valence-corrected chi connectivity index (χ0v) is 35.1. The third-order valence-electron chi connectivity index (χ3n) is 9.01. The van der Waals surface area contributed by atoms with Crippen molar-refractivity contribution in [3.63, 3.8) is 0 Å². The van der Waals surface area contributed by atoms with Crippen LogP contribution in [0.2, 0.25) is 15.5 Å². The molecule has 0 saturated carbocycles. The Kier molecular flexibility index (Phi) is 18.4. The van der Waals surface area contributed by atoms with Gasteiger partial charge < -0.3 is 43.7 Å². The van der Waals surface area contributed by atoms with Gasteiger partial charge in [-0.15, -0.1) is 0 Å². The van der Waals surface area contributed by atoms with Crippen LogP contribution in [0, 0.1) is 17.8 Å². The van der Waals surface area contributed by atoms with Crippen molar-refractivity contribution in [1.29, 1.82) is 0 Å². The highest BCUT2D eigenvalue weighted by Crippen LogP contribution is 2.27. The summed E-state index contributed by atoms with van der Waals surface area (Å²) >= 11 is 17.7. The molecule has 0 aliphatic carbocycles. The van der Waals surface area contributed by atoms with Gasteiger partial charge in [-0.05, 0) is 68.2 Å². The Labute approximate surface area is 340 Å². The normalized spacial score (nSPS) is 20.6. The first-order chi connectivity index (χ1) is 26.4. The number of hydrogen-bond donors (Lipinski definition) is 1. The Balaban J connectivity index is 0.000000184. The molecule has 3 aromatic heterocycles. The van der Waals surface area contributed by atoms with Gasteiger partial charge in [0, 0.05) is 45.8 Å². The van der Waals surface area contributed by atoms with Gasteiger partial charge in [-0.3, -0.25) is 0 Å². The van der Waals surface area contributed by atoms with Gasteiger partial charge in [0.15, 0.2) is 5.69 Å². The van der Waals surface area contributed by atoms with Gasteiger partial charge in [-0.25, -0.2) is 19.7 Å². The summed E-state index contributed by atoms with van der Waals surface area (Å²) in [6.45, 7) is 16.8. The number of aliphatic hydroxyl groups is 1. The van der Waals surface area contributed by atoms with E-state index in [-0.39, 0.29) is 17.5 Å². The van der Waals surface area contributed by atoms with Crippen LogP contribution in [0.1, 0.15) is 42.6 Å². The quantitative estimate of drug-likeness (QED) is 0.223. The smallest absolute Gasteiger partial charge is 0.358 e. The van der Waals surface area contributed by atoms with Crippen molar-refractivity contribution < 1.29 is 28.8 Å². The SMILES string of the molecule is CC1COCCN(c2ccc(Cl)nc2CN(C)C)C1.CC1COCCN(c2ccc(Cl)nc2CO)C1.COC(=O)c1nc(Cl)ccc1N1CCOCC(C)C1. The molecule has 1 N–H and O–H groups in total. The summed E-state index contributed by atoms with van der Waals surface area (Å²) in [5, 5.41) is 10.6. The number of pyridine rings is 3. The molecule has 3 unspecified atom stereocenters. The standard InChI is InChI=1S/C14H22ClN3O.C13H17ClN2O3.C12H17ClN2O2/c1-11-8-18(6-7-19-10-11)13-4-5-14(15)16-12(13)9-17(2)3;1-9-7-16(5-6-19-8-9)10-3-4-11(14)15-12(10)13(17)18-2;1-9-6-15(4-5-17-8-9)11-2-3-12(13)14-10(11)7-16/h4-5,11H,6-10H2,1-3H3;3-4,9H,5-8H2,1-2H3;2-3,9,16H,4-8H2,1H3. The van der Waals surface area contributed by atoms with Crippen molar-refractivity contribution in [2.75, 3.05) is 115 Å². The van der Waals surface area contributed by atoms with Crippen LogP contribution in [0.5, 0.6) is 0 Å². The molecule has 3 aliphatic heterocycles. The first kappa shape index (κ1) is 44.7. The van der Waals surface area contributed by atoms with E-state index >= 15 is 0 Å². The molecular formula is C39H56Cl3N7O6. The number of aliphatic hydroxyl groups excluding tert-OH is 1. The first-order valence-corrected chi connectivity index (χ1v) is 19.8. The Morgan fingerprint density at radius 2 is 1.11 bits per heavy atom. The molecule has 3 aromatic rings. The number of hydrogen-bond acceptors (Lipinski definition) is 13. The van der Waals surface area contributed by atoms with Gasteiger partial charge in [0.05, 0.1) is 81.8 Å². The minimum atomic E-state index is -0.477. The number of halogens is 3. The monoisotopic (exact) mass is 823 g/mol. The predicted molar refractivity (Wildman–Crippen MR) is 219 cm³/mol. The minimum absolute atomic E-state index is 0.0956. The number of carbonyl (C=O) groups excluding carboxylic acids is 1. The van der Waals surface area contributed by atoms with Crippen LogP contribution in [-0.4, -0.2) is 131 Å². The maximum atomic E-state index is 11.8. The molecule has 3 aliphatic rings. The maximum Gasteiger partial charge on any atom is 0.358 e. The second-order valence-electron chi connectivity index (χ2n) is 14.5. The number of aromatic nitrogens is 3. The molecule has 0 aromatic carbocycles. The Morgan fingerprint density at radius 3 is 1.55 bits per heavy atom. The maximum absolute atomic E-state index is 11.8. The van der Waals surface area contributed by atoms with E-state index in [9.17, 15) is 9.90 Å². The molecule has 55 heavy (non-hydrogen) atoms. The average Bonchev–Trinajstić information content (AvgIpc) is 3.61. The lowest BCUT2D eigenvalue weighted by Crippen LogP contribution is -2.31. The van der Waals surface area contributed by atoms with Crippen molar-refractivity contribution in [2.24, 2.45) is 17.8 Å². The molecular weight excluding hydrogens is 769 g/mol. The summed E-state index contributed by atoms with van der Waals surface area (Å²) in [7, 11) is 5.42. The van der Waals surface area contributed by atoms with E-state index < -0.39 is 5.97 Å². The van der Waals surface area contributed by atoms with Gasteiger partial charge in [0.2, 0.25) is 0 Å². The van der Waals surface area contributed by atoms with Crippen molar-refractivity contribution in [3.05, 3.63) is 68.9 Å². The van der Waals surface area contributed by atoms with E-state index in [2.05, 4.69) is 61.4 Å². The Bertz CT molecular complexity index is 1660. The van der Waals surface area contributed by atoms with E-state index in [1.807, 2.05) is 26.2 Å². The molecule has 3 atom stereocenters. The molecule has 304 valence electrons. The van der Waals surface area contributed by atoms with Crippen LogP contribution < -0.4 is 14.7 Å². The molecule has 3 saturated heterocycles. The molecule has 13 nitrogen and oxygen atoms in total. The number of esters is 1. The van der Waals surface area contributed by atoms with Crippen molar-refractivity contribution in [1.82, 2.24) is 19.9 Å². The largest absolute Gasteiger partial charge is 0.464 e. The van der Waals surface area contributed by atoms with E-state index in [4.69, 9.17) is 53.8 Å². The molecule has 6 rings (SSSR count). The fourth-order valence-corrected chi connectivity index (χ4v) is 7.05. The van der Waals surface area contributed by atoms with Gasteiger partial charge in [-0.2, -0.15) is 0 Å². The topological polar surface area (TPSA) is 126 Å². The number of nitrogens with zero attached hydrogens (tertiary/aromatic N) is 7. The molecule has 3 fully saturated rings. The van der Waals surface area contributed by atoms with Crippen LogP contribution in [0.4, 0.5) is 17.1 Å². The summed E-state index contributed by atoms with van der Waals surface area (Å²) in [4.78, 5) is 33.3. The predicted octanol–water partition coefficient (Wildman–Crippen LogP) is 5.96. The fourth-order valence-electron chi connectivity index (χ4n) is 6.57. The summed E-state index contributed by atoms with van der Waals surface area (Å²) in [6.07, 6.45) is 0. The van der Waals surface area contributed by atoms with Crippen LogP contribution in [0.15, 0.2) is 36.4 Å². The number of carbonyl (C=O) groups is 1. The zero-order valence-electron chi connectivity index (χ0n) is 32.8. The number of anilines is 3. The van der Waals surface area contributed by atoms with E-state index in [1.54, 1.807) is 18.2 Å². The van der Waals surface area contributed by atoms with Crippen LogP contribution in [0.25, 0.3) is 0 Å². The fraction of sp³-hybridized carbons (Fsp3) is 0.590. The van der Waals surface area contributed by atoms with Crippen molar-refractivity contribution in [3.8, 4) is 0 Å². The number of rotatable bonds is 7. The van der Waals surface area contributed by atoms with Gasteiger partial charge >= 0.3 is 5.97 Å². The van der Waals surface area contributed by atoms with Gasteiger partial charge in [-0.1, -0.05) is 55.6 Å². The molecule has 0 amide bonds. The third-order valence-corrected chi connectivity index (χ3v) is 9.64. The lowest BCUT2D eigenvalue weighted by Gasteiger charge is -2.27. The first-order valence-electron chi connectivity index (χ1n) is 18.7. The average molecular weight is 825 g/mol. The second-order valence-corrected chi connectivity index (χ2v) is 15.6. The molecule has 0 bridgehead atoms. The molecule has 6 heterocycles. The molecule has 0 spiro atoms. The number of methoxy groups -OCH3 is 1. The zero-order chi connectivity index (χ0) is 39.9. The van der Waals surface area contributed by atoms with E-state index in [0.29, 0.717) is 47.0 Å². The van der Waals surface area contributed by atoms with E-state index in [0.717, 1.165) is 89.3 Å². The highest BCUT2D eigenvalue weighted by Gasteiger charge is 2.23. The van der Waals surface area contributed by atoms with E-state index in [1.165, 1.54) is 12.8 Å². The lowest BCUT2D eigenvalue weighted by molar-refractivity contribution is 0.0594. The summed E-state index contributed by atoms with van der Waals surface area (Å²) in [6, 6.07) is 11.1. The van der Waals surface area contributed by atoms with Crippen LogP contribution in [0.3, 0.4) is 0 Å². The highest BCUT2D eigenvalue weighted by molar-refractivity contribution is 6.30. The van der Waals surface area contributed by atoms with Gasteiger partial charge in [0.1, 0.15) is 15.5 Å². The third kappa shape index (κ3) is 14.2. The molecule has 0 radical (unpaired) electrons. The Morgan fingerprint density at radius 1 is 0.709 bits per heavy atom.